The molecule has 3 heterocycles. The van der Waals surface area contributed by atoms with E-state index in [4.69, 9.17) is 14.5 Å². The number of nitrogens with zero attached hydrogens (tertiary/aromatic N) is 3. The number of hydrogen-bond acceptors (Lipinski definition) is 7. The lowest BCUT2D eigenvalue weighted by Crippen LogP contribution is -2.20. The van der Waals surface area contributed by atoms with Crippen LogP contribution in [-0.4, -0.2) is 28.8 Å². The van der Waals surface area contributed by atoms with E-state index in [1.165, 1.54) is 22.7 Å². The predicted molar refractivity (Wildman–Crippen MR) is 129 cm³/mol. The lowest BCUT2D eigenvalue weighted by atomic mass is 10.2. The van der Waals surface area contributed by atoms with Crippen LogP contribution < -0.4 is 15.0 Å². The Bertz CT molecular complexity index is 1450. The SMILES string of the molecule is COc1cccc(-c2nc(Cn3cnc4sc(-c5ccccc5)cc4c3=O)cs2)c1OC. The number of methoxy groups -OCH3 is 2. The number of hydrogen-bond donors (Lipinski definition) is 0. The van der Waals surface area contributed by atoms with Gasteiger partial charge in [0.05, 0.1) is 43.7 Å². The highest BCUT2D eigenvalue weighted by atomic mass is 32.1. The smallest absolute Gasteiger partial charge is 0.262 e. The van der Waals surface area contributed by atoms with Crippen LogP contribution in [0.3, 0.4) is 0 Å². The van der Waals surface area contributed by atoms with Crippen molar-refractivity contribution in [3.8, 4) is 32.5 Å². The summed E-state index contributed by atoms with van der Waals surface area (Å²) in [6.45, 7) is 0.348. The topological polar surface area (TPSA) is 66.2 Å². The molecule has 0 saturated heterocycles. The quantitative estimate of drug-likeness (QED) is 0.343. The van der Waals surface area contributed by atoms with Crippen LogP contribution >= 0.6 is 22.7 Å². The average molecular weight is 462 g/mol. The number of fused-ring (bicyclic) bond motifs is 1. The van der Waals surface area contributed by atoms with E-state index >= 15 is 0 Å². The van der Waals surface area contributed by atoms with E-state index in [1.807, 2.05) is 60.0 Å². The third-order valence-corrected chi connectivity index (χ3v) is 7.11. The van der Waals surface area contributed by atoms with Crippen molar-refractivity contribution >= 4 is 32.9 Å². The van der Waals surface area contributed by atoms with Crippen LogP contribution in [0.4, 0.5) is 0 Å². The van der Waals surface area contributed by atoms with Gasteiger partial charge in [-0.25, -0.2) is 9.97 Å². The number of para-hydroxylation sites is 1. The van der Waals surface area contributed by atoms with E-state index in [1.54, 1.807) is 25.1 Å². The highest BCUT2D eigenvalue weighted by molar-refractivity contribution is 7.21. The number of rotatable bonds is 6. The van der Waals surface area contributed by atoms with Gasteiger partial charge in [-0.3, -0.25) is 9.36 Å². The first-order chi connectivity index (χ1) is 15.7. The zero-order chi connectivity index (χ0) is 22.1. The number of benzene rings is 2. The van der Waals surface area contributed by atoms with E-state index < -0.39 is 0 Å². The Kier molecular flexibility index (Phi) is 5.46. The van der Waals surface area contributed by atoms with Gasteiger partial charge < -0.3 is 9.47 Å². The van der Waals surface area contributed by atoms with Gasteiger partial charge in [0.2, 0.25) is 0 Å². The maximum absolute atomic E-state index is 13.1. The maximum Gasteiger partial charge on any atom is 0.262 e. The molecule has 3 aromatic heterocycles. The van der Waals surface area contributed by atoms with Crippen molar-refractivity contribution in [2.24, 2.45) is 0 Å². The van der Waals surface area contributed by atoms with E-state index in [9.17, 15) is 4.79 Å². The molecule has 0 radical (unpaired) electrons. The molecule has 0 N–H and O–H groups in total. The van der Waals surface area contributed by atoms with Gasteiger partial charge in [0, 0.05) is 10.3 Å². The summed E-state index contributed by atoms with van der Waals surface area (Å²) in [7, 11) is 3.22. The van der Waals surface area contributed by atoms with Crippen LogP contribution in [-0.2, 0) is 6.54 Å². The summed E-state index contributed by atoms with van der Waals surface area (Å²) < 4.78 is 12.5. The Morgan fingerprint density at radius 1 is 1.03 bits per heavy atom. The van der Waals surface area contributed by atoms with Gasteiger partial charge in [0.25, 0.3) is 5.56 Å². The van der Waals surface area contributed by atoms with E-state index in [-0.39, 0.29) is 5.56 Å². The van der Waals surface area contributed by atoms with Crippen molar-refractivity contribution in [2.45, 2.75) is 6.54 Å². The molecule has 0 fully saturated rings. The highest BCUT2D eigenvalue weighted by Gasteiger charge is 2.16. The zero-order valence-corrected chi connectivity index (χ0v) is 19.1. The van der Waals surface area contributed by atoms with Crippen molar-refractivity contribution in [1.29, 1.82) is 0 Å². The van der Waals surface area contributed by atoms with Gasteiger partial charge in [-0.2, -0.15) is 0 Å². The van der Waals surface area contributed by atoms with Crippen molar-refractivity contribution in [3.63, 3.8) is 0 Å². The largest absolute Gasteiger partial charge is 0.493 e. The maximum atomic E-state index is 13.1. The lowest BCUT2D eigenvalue weighted by Gasteiger charge is -2.10. The van der Waals surface area contributed by atoms with Crippen LogP contribution in [0.25, 0.3) is 31.2 Å². The summed E-state index contributed by atoms with van der Waals surface area (Å²) in [5.41, 5.74) is 2.66. The Hall–Kier alpha value is -3.49. The predicted octanol–water partition coefficient (Wildman–Crippen LogP) is 5.31. The lowest BCUT2D eigenvalue weighted by molar-refractivity contribution is 0.356. The summed E-state index contributed by atoms with van der Waals surface area (Å²) in [6, 6.07) is 17.6. The van der Waals surface area contributed by atoms with Crippen LogP contribution in [0.1, 0.15) is 5.69 Å². The molecule has 160 valence electrons. The molecule has 0 aliphatic carbocycles. The van der Waals surface area contributed by atoms with Gasteiger partial charge >= 0.3 is 0 Å². The van der Waals surface area contributed by atoms with Gasteiger partial charge in [-0.1, -0.05) is 36.4 Å². The Labute approximate surface area is 192 Å². The molecular weight excluding hydrogens is 442 g/mol. The molecule has 0 saturated carbocycles. The molecule has 0 atom stereocenters. The molecule has 6 nitrogen and oxygen atoms in total. The van der Waals surface area contributed by atoms with Gasteiger partial charge in [0.1, 0.15) is 9.84 Å². The first kappa shape index (κ1) is 20.4. The monoisotopic (exact) mass is 461 g/mol. The number of thiophene rings is 1. The first-order valence-electron chi connectivity index (χ1n) is 9.88. The Morgan fingerprint density at radius 2 is 1.88 bits per heavy atom. The molecule has 2 aromatic carbocycles. The normalized spacial score (nSPS) is 11.1. The average Bonchev–Trinajstić information content (AvgIpc) is 3.48. The minimum absolute atomic E-state index is 0.0676. The highest BCUT2D eigenvalue weighted by Crippen LogP contribution is 2.39. The fourth-order valence-corrected chi connectivity index (χ4v) is 5.38. The minimum Gasteiger partial charge on any atom is -0.493 e. The molecule has 0 amide bonds. The molecule has 0 spiro atoms. The molecule has 0 unspecified atom stereocenters. The number of ether oxygens (including phenoxy) is 2. The summed E-state index contributed by atoms with van der Waals surface area (Å²) in [6.07, 6.45) is 1.60. The van der Waals surface area contributed by atoms with Crippen LogP contribution in [0.15, 0.2) is 71.1 Å². The van der Waals surface area contributed by atoms with Crippen molar-refractivity contribution in [1.82, 2.24) is 14.5 Å². The zero-order valence-electron chi connectivity index (χ0n) is 17.4. The van der Waals surface area contributed by atoms with Crippen molar-refractivity contribution in [2.75, 3.05) is 14.2 Å². The Morgan fingerprint density at radius 3 is 2.66 bits per heavy atom. The number of aromatic nitrogens is 3. The number of thiazole rings is 1. The molecule has 0 aliphatic heterocycles. The van der Waals surface area contributed by atoms with Gasteiger partial charge in [-0.15, -0.1) is 22.7 Å². The second kappa shape index (κ2) is 8.57. The second-order valence-electron chi connectivity index (χ2n) is 7.06. The molecule has 32 heavy (non-hydrogen) atoms. The van der Waals surface area contributed by atoms with Crippen molar-refractivity contribution in [3.05, 3.63) is 82.4 Å². The van der Waals surface area contributed by atoms with E-state index in [2.05, 4.69) is 4.98 Å². The minimum atomic E-state index is -0.0676. The molecule has 8 heteroatoms. The van der Waals surface area contributed by atoms with Crippen LogP contribution in [0.5, 0.6) is 11.5 Å². The molecule has 5 aromatic rings. The molecule has 0 aliphatic rings. The summed E-state index contributed by atoms with van der Waals surface area (Å²) in [4.78, 5) is 24.1. The summed E-state index contributed by atoms with van der Waals surface area (Å²) in [5, 5.41) is 3.38. The fraction of sp³-hybridized carbons (Fsp3) is 0.125. The van der Waals surface area contributed by atoms with Crippen molar-refractivity contribution < 1.29 is 9.47 Å². The van der Waals surface area contributed by atoms with Crippen LogP contribution in [0.2, 0.25) is 0 Å². The first-order valence-corrected chi connectivity index (χ1v) is 11.6. The van der Waals surface area contributed by atoms with E-state index in [0.717, 1.165) is 31.5 Å². The molecule has 0 bridgehead atoms. The Balaban J connectivity index is 1.47. The van der Waals surface area contributed by atoms with Gasteiger partial charge in [-0.05, 0) is 23.8 Å². The summed E-state index contributed by atoms with van der Waals surface area (Å²) in [5.74, 6) is 1.29. The van der Waals surface area contributed by atoms with Gasteiger partial charge in [0.15, 0.2) is 11.5 Å². The third-order valence-electron chi connectivity index (χ3n) is 5.09. The van der Waals surface area contributed by atoms with Crippen LogP contribution in [0, 0.1) is 0 Å². The second-order valence-corrected chi connectivity index (χ2v) is 8.95. The van der Waals surface area contributed by atoms with E-state index in [0.29, 0.717) is 23.4 Å². The molecular formula is C24H19N3O3S2. The third kappa shape index (κ3) is 3.68. The summed E-state index contributed by atoms with van der Waals surface area (Å²) >= 11 is 3.03. The fourth-order valence-electron chi connectivity index (χ4n) is 3.55. The molecule has 5 rings (SSSR count). The standard InChI is InChI=1S/C24H19N3O3S2/c1-29-19-10-6-9-17(21(19)30-2)23-26-16(13-31-23)12-27-14-25-22-18(24(27)28)11-20(32-22)15-7-4-3-5-8-15/h3-11,13-14H,12H2,1-2H3.